The highest BCUT2D eigenvalue weighted by atomic mass is 19.4. The van der Waals surface area contributed by atoms with E-state index in [2.05, 4.69) is 4.90 Å². The van der Waals surface area contributed by atoms with Crippen LogP contribution in [0.1, 0.15) is 59.5 Å². The van der Waals surface area contributed by atoms with Gasteiger partial charge in [-0.05, 0) is 61.8 Å². The predicted octanol–water partition coefficient (Wildman–Crippen LogP) is 2.91. The van der Waals surface area contributed by atoms with Crippen LogP contribution in [0.5, 0.6) is 0 Å². The largest absolute Gasteiger partial charge is 0.416 e. The summed E-state index contributed by atoms with van der Waals surface area (Å²) in [6.07, 6.45) is 0.438. The molecule has 0 spiro atoms. The van der Waals surface area contributed by atoms with Gasteiger partial charge in [0, 0.05) is 37.9 Å². The average molecular weight is 400 g/mol. The van der Waals surface area contributed by atoms with Crippen LogP contribution in [0.3, 0.4) is 0 Å². The van der Waals surface area contributed by atoms with Gasteiger partial charge in [-0.15, -0.1) is 0 Å². The Bertz CT molecular complexity index is 683. The number of ether oxygens (including phenoxy) is 1. The van der Waals surface area contributed by atoms with Gasteiger partial charge < -0.3 is 15.6 Å². The van der Waals surface area contributed by atoms with E-state index in [1.54, 1.807) is 0 Å². The van der Waals surface area contributed by atoms with Gasteiger partial charge in [-0.25, -0.2) is 0 Å². The van der Waals surface area contributed by atoms with E-state index in [4.69, 9.17) is 10.5 Å². The molecule has 1 aromatic carbocycles. The van der Waals surface area contributed by atoms with Crippen LogP contribution < -0.4 is 5.73 Å². The minimum absolute atomic E-state index is 0.0600. The van der Waals surface area contributed by atoms with Crippen molar-refractivity contribution in [2.45, 2.75) is 56.3 Å². The molecule has 0 aromatic heterocycles. The molecule has 1 saturated carbocycles. The van der Waals surface area contributed by atoms with Gasteiger partial charge >= 0.3 is 6.18 Å². The second kappa shape index (κ2) is 8.80. The number of rotatable bonds is 3. The van der Waals surface area contributed by atoms with E-state index in [-0.39, 0.29) is 17.6 Å². The van der Waals surface area contributed by atoms with Crippen LogP contribution in [0.4, 0.5) is 13.2 Å². The Hall–Kier alpha value is -1.64. The Morgan fingerprint density at radius 2 is 1.82 bits per heavy atom. The molecule has 4 rings (SSSR count). The van der Waals surface area contributed by atoms with Crippen LogP contribution in [0.2, 0.25) is 0 Å². The molecule has 1 unspecified atom stereocenters. The summed E-state index contributed by atoms with van der Waals surface area (Å²) < 4.78 is 42.7. The Morgan fingerprint density at radius 3 is 2.32 bits per heavy atom. The fourth-order valence-electron chi connectivity index (χ4n) is 3.85. The molecule has 2 aliphatic heterocycles. The maximum atomic E-state index is 12.5. The van der Waals surface area contributed by atoms with E-state index >= 15 is 0 Å². The summed E-state index contributed by atoms with van der Waals surface area (Å²) in [6, 6.07) is 3.78. The molecule has 1 amide bonds. The smallest absolute Gasteiger partial charge is 0.392 e. The number of benzene rings is 1. The first-order chi connectivity index (χ1) is 13.3. The maximum Gasteiger partial charge on any atom is 0.416 e. The molecule has 2 heterocycles. The van der Waals surface area contributed by atoms with E-state index in [1.807, 2.05) is 0 Å². The number of hydrogen-bond donors (Lipinski definition) is 2. The lowest BCUT2D eigenvalue weighted by Crippen LogP contribution is -2.38. The van der Waals surface area contributed by atoms with Gasteiger partial charge in [-0.1, -0.05) is 0 Å². The Kier molecular flexibility index (Phi) is 6.62. The highest BCUT2D eigenvalue weighted by Gasteiger charge is 2.34. The molecule has 3 aliphatic rings. The van der Waals surface area contributed by atoms with Crippen molar-refractivity contribution in [3.8, 4) is 0 Å². The third kappa shape index (κ3) is 5.46. The lowest BCUT2D eigenvalue weighted by molar-refractivity contribution is -0.137. The number of nitrogens with two attached hydrogens (primary N) is 1. The van der Waals surface area contributed by atoms with Gasteiger partial charge in [0.05, 0.1) is 11.7 Å². The minimum Gasteiger partial charge on any atom is -0.392 e. The van der Waals surface area contributed by atoms with Crippen LogP contribution >= 0.6 is 0 Å². The molecule has 28 heavy (non-hydrogen) atoms. The third-order valence-electron chi connectivity index (χ3n) is 5.56. The minimum atomic E-state index is -4.38. The molecule has 3 N–H and O–H groups in total. The number of likely N-dealkylation sites (tertiary alicyclic amines) is 1. The van der Waals surface area contributed by atoms with Crippen LogP contribution in [-0.4, -0.2) is 54.4 Å². The summed E-state index contributed by atoms with van der Waals surface area (Å²) in [7, 11) is 0. The van der Waals surface area contributed by atoms with E-state index in [9.17, 15) is 23.1 Å². The lowest BCUT2D eigenvalue weighted by atomic mass is 9.99. The molecule has 0 bridgehead atoms. The second-order valence-corrected chi connectivity index (χ2v) is 7.72. The number of primary amides is 1. The van der Waals surface area contributed by atoms with Gasteiger partial charge in [0.25, 0.3) is 0 Å². The number of carbonyl (C=O) groups excluding carboxylic acids is 1. The first kappa shape index (κ1) is 21.1. The molecule has 5 nitrogen and oxygen atoms in total. The van der Waals surface area contributed by atoms with Gasteiger partial charge in [-0.2, -0.15) is 13.2 Å². The van der Waals surface area contributed by atoms with Crippen molar-refractivity contribution in [1.82, 2.24) is 4.90 Å². The number of amides is 1. The Labute approximate surface area is 162 Å². The molecule has 0 radical (unpaired) electrons. The van der Waals surface area contributed by atoms with Crippen LogP contribution in [0.15, 0.2) is 18.2 Å². The fourth-order valence-corrected chi connectivity index (χ4v) is 3.85. The highest BCUT2D eigenvalue weighted by Crippen LogP contribution is 2.43. The topological polar surface area (TPSA) is 75.8 Å². The number of halogens is 3. The summed E-state index contributed by atoms with van der Waals surface area (Å²) in [5.74, 6) is -0.611. The van der Waals surface area contributed by atoms with Crippen molar-refractivity contribution in [2.75, 3.05) is 26.3 Å². The summed E-state index contributed by atoms with van der Waals surface area (Å²) in [6.45, 7) is 3.75. The van der Waals surface area contributed by atoms with Crippen molar-refractivity contribution in [2.24, 2.45) is 5.73 Å². The van der Waals surface area contributed by atoms with Crippen molar-refractivity contribution >= 4 is 5.91 Å². The molecule has 3 fully saturated rings. The van der Waals surface area contributed by atoms with Crippen LogP contribution in [0.25, 0.3) is 0 Å². The number of β-amino-alcohol motifs (C(OH)–C–C–N with tert-alkyl or cyclic N) is 1. The summed E-state index contributed by atoms with van der Waals surface area (Å²) >= 11 is 0. The predicted molar refractivity (Wildman–Crippen MR) is 98.0 cm³/mol. The van der Waals surface area contributed by atoms with E-state index in [0.717, 1.165) is 70.5 Å². The van der Waals surface area contributed by atoms with Crippen molar-refractivity contribution in [3.05, 3.63) is 34.9 Å². The van der Waals surface area contributed by atoms with Crippen molar-refractivity contribution < 1.29 is 27.8 Å². The number of aliphatic hydroxyl groups is 1. The SMILES string of the molecule is NC(=O)c1ccc(C(F)(F)F)cc1C1CC1.OC1CCN(C2CCOCC2)C1. The summed E-state index contributed by atoms with van der Waals surface area (Å²) in [5.41, 5.74) is 5.03. The monoisotopic (exact) mass is 400 g/mol. The van der Waals surface area contributed by atoms with Gasteiger partial charge in [0.15, 0.2) is 0 Å². The van der Waals surface area contributed by atoms with E-state index in [0.29, 0.717) is 11.6 Å². The molecule has 1 aliphatic carbocycles. The number of aliphatic hydroxyl groups excluding tert-OH is 1. The van der Waals surface area contributed by atoms with E-state index in [1.165, 1.54) is 6.07 Å². The average Bonchev–Trinajstić information content (AvgIpc) is 3.42. The number of hydrogen-bond acceptors (Lipinski definition) is 4. The fraction of sp³-hybridized carbons (Fsp3) is 0.650. The zero-order chi connectivity index (χ0) is 20.3. The first-order valence-corrected chi connectivity index (χ1v) is 9.76. The quantitative estimate of drug-likeness (QED) is 0.818. The van der Waals surface area contributed by atoms with Crippen LogP contribution in [-0.2, 0) is 10.9 Å². The second-order valence-electron chi connectivity index (χ2n) is 7.72. The third-order valence-corrected chi connectivity index (χ3v) is 5.56. The standard InChI is InChI=1S/C11H10F3NO.C9H17NO2/c12-11(13,14)7-3-4-8(10(15)16)9(5-7)6-1-2-6;11-9-1-4-10(7-9)8-2-5-12-6-3-8/h3-6H,1-2H2,(H2,15,16);8-9,11H,1-7H2. The van der Waals surface area contributed by atoms with Crippen molar-refractivity contribution in [1.29, 1.82) is 0 Å². The molecular formula is C20H27F3N2O3. The number of alkyl halides is 3. The number of nitrogens with zero attached hydrogens (tertiary/aromatic N) is 1. The Morgan fingerprint density at radius 1 is 1.14 bits per heavy atom. The Balaban J connectivity index is 0.000000167. The molecule has 1 atom stereocenters. The van der Waals surface area contributed by atoms with Gasteiger partial charge in [-0.3, -0.25) is 9.69 Å². The summed E-state index contributed by atoms with van der Waals surface area (Å²) in [4.78, 5) is 13.5. The summed E-state index contributed by atoms with van der Waals surface area (Å²) in [5, 5.41) is 9.36. The zero-order valence-electron chi connectivity index (χ0n) is 15.8. The van der Waals surface area contributed by atoms with Crippen LogP contribution in [0, 0.1) is 0 Å². The highest BCUT2D eigenvalue weighted by molar-refractivity contribution is 5.94. The molecule has 1 aromatic rings. The molecule has 2 saturated heterocycles. The lowest BCUT2D eigenvalue weighted by Gasteiger charge is -2.30. The molecule has 156 valence electrons. The van der Waals surface area contributed by atoms with E-state index < -0.39 is 17.6 Å². The van der Waals surface area contributed by atoms with Gasteiger partial charge in [0.1, 0.15) is 0 Å². The van der Waals surface area contributed by atoms with Crippen molar-refractivity contribution in [3.63, 3.8) is 0 Å². The first-order valence-electron chi connectivity index (χ1n) is 9.76. The molecular weight excluding hydrogens is 373 g/mol. The normalized spacial score (nSPS) is 23.9. The molecule has 8 heteroatoms. The number of carbonyl (C=O) groups is 1. The maximum absolute atomic E-state index is 12.5. The zero-order valence-corrected chi connectivity index (χ0v) is 15.8. The van der Waals surface area contributed by atoms with Gasteiger partial charge in [0.2, 0.25) is 5.91 Å².